The quantitative estimate of drug-likeness (QED) is 0.820. The first kappa shape index (κ1) is 10.1. The minimum Gasteiger partial charge on any atom is -0.381 e. The van der Waals surface area contributed by atoms with Crippen molar-refractivity contribution in [3.8, 4) is 0 Å². The van der Waals surface area contributed by atoms with Crippen LogP contribution in [0.2, 0.25) is 0 Å². The molecule has 0 spiro atoms. The lowest BCUT2D eigenvalue weighted by molar-refractivity contribution is 0.184. The normalized spacial score (nSPS) is 10.7. The topological polar surface area (TPSA) is 78.8 Å². The predicted molar refractivity (Wildman–Crippen MR) is 56.4 cm³/mol. The van der Waals surface area contributed by atoms with Crippen molar-refractivity contribution in [1.29, 1.82) is 0 Å². The Labute approximate surface area is 90.7 Å². The summed E-state index contributed by atoms with van der Waals surface area (Å²) in [5.41, 5.74) is 6.37. The molecule has 0 atom stereocenters. The molecule has 0 aliphatic rings. The SMILES string of the molecule is COCc1nc(Cn2ncc(N)n2)cs1. The number of methoxy groups -OCH3 is 1. The predicted octanol–water partition coefficient (Wildman–Crippen LogP) is 0.512. The van der Waals surface area contributed by atoms with Gasteiger partial charge in [0.05, 0.1) is 18.5 Å². The van der Waals surface area contributed by atoms with Gasteiger partial charge in [0.15, 0.2) is 5.82 Å². The Balaban J connectivity index is 2.04. The van der Waals surface area contributed by atoms with Crippen molar-refractivity contribution in [1.82, 2.24) is 20.0 Å². The van der Waals surface area contributed by atoms with Crippen molar-refractivity contribution >= 4 is 17.2 Å². The molecule has 0 amide bonds. The molecular formula is C8H11N5OS. The fourth-order valence-corrected chi connectivity index (χ4v) is 1.90. The number of hydrogen-bond acceptors (Lipinski definition) is 6. The molecule has 0 saturated carbocycles. The number of hydrogen-bond donors (Lipinski definition) is 1. The maximum Gasteiger partial charge on any atom is 0.165 e. The smallest absolute Gasteiger partial charge is 0.165 e. The highest BCUT2D eigenvalue weighted by molar-refractivity contribution is 7.09. The van der Waals surface area contributed by atoms with Gasteiger partial charge in [-0.25, -0.2) is 4.98 Å². The minimum absolute atomic E-state index is 0.419. The summed E-state index contributed by atoms with van der Waals surface area (Å²) in [5.74, 6) is 0.419. The van der Waals surface area contributed by atoms with Crippen molar-refractivity contribution in [3.63, 3.8) is 0 Å². The van der Waals surface area contributed by atoms with Gasteiger partial charge < -0.3 is 10.5 Å². The maximum absolute atomic E-state index is 5.45. The molecule has 0 bridgehead atoms. The zero-order chi connectivity index (χ0) is 10.7. The molecule has 80 valence electrons. The van der Waals surface area contributed by atoms with E-state index in [0.29, 0.717) is 19.0 Å². The maximum atomic E-state index is 5.45. The van der Waals surface area contributed by atoms with Crippen LogP contribution < -0.4 is 5.73 Å². The highest BCUT2D eigenvalue weighted by Gasteiger charge is 2.04. The molecule has 0 aromatic carbocycles. The van der Waals surface area contributed by atoms with Crippen molar-refractivity contribution < 1.29 is 4.74 Å². The highest BCUT2D eigenvalue weighted by Crippen LogP contribution is 2.11. The summed E-state index contributed by atoms with van der Waals surface area (Å²) in [6.45, 7) is 1.08. The zero-order valence-corrected chi connectivity index (χ0v) is 9.07. The van der Waals surface area contributed by atoms with E-state index in [1.807, 2.05) is 5.38 Å². The minimum atomic E-state index is 0.419. The summed E-state index contributed by atoms with van der Waals surface area (Å²) in [6.07, 6.45) is 1.52. The lowest BCUT2D eigenvalue weighted by atomic mass is 10.5. The van der Waals surface area contributed by atoms with Crippen LogP contribution in [-0.2, 0) is 17.9 Å². The van der Waals surface area contributed by atoms with E-state index in [2.05, 4.69) is 15.2 Å². The average molecular weight is 225 g/mol. The van der Waals surface area contributed by atoms with Gasteiger partial charge in [0.1, 0.15) is 11.6 Å². The van der Waals surface area contributed by atoms with Gasteiger partial charge >= 0.3 is 0 Å². The van der Waals surface area contributed by atoms with Crippen LogP contribution in [0.4, 0.5) is 5.82 Å². The molecule has 2 aromatic rings. The number of aromatic nitrogens is 4. The number of thiazole rings is 1. The molecule has 0 aliphatic carbocycles. The highest BCUT2D eigenvalue weighted by atomic mass is 32.1. The van der Waals surface area contributed by atoms with Crippen molar-refractivity contribution in [2.45, 2.75) is 13.2 Å². The van der Waals surface area contributed by atoms with E-state index in [1.165, 1.54) is 11.0 Å². The zero-order valence-electron chi connectivity index (χ0n) is 8.25. The van der Waals surface area contributed by atoms with Crippen LogP contribution in [0.5, 0.6) is 0 Å². The third kappa shape index (κ3) is 2.51. The first-order valence-electron chi connectivity index (χ1n) is 4.36. The van der Waals surface area contributed by atoms with Crippen molar-refractivity contribution in [3.05, 3.63) is 22.3 Å². The number of rotatable bonds is 4. The first-order valence-corrected chi connectivity index (χ1v) is 5.23. The molecule has 0 radical (unpaired) electrons. The second-order valence-electron chi connectivity index (χ2n) is 2.97. The molecule has 7 heteroatoms. The van der Waals surface area contributed by atoms with Crippen molar-refractivity contribution in [2.75, 3.05) is 12.8 Å². The second kappa shape index (κ2) is 4.37. The number of nitrogens with zero attached hydrogens (tertiary/aromatic N) is 4. The number of anilines is 1. The summed E-state index contributed by atoms with van der Waals surface area (Å²) in [7, 11) is 1.65. The molecule has 6 nitrogen and oxygen atoms in total. The Morgan fingerprint density at radius 2 is 2.47 bits per heavy atom. The van der Waals surface area contributed by atoms with E-state index in [9.17, 15) is 0 Å². The van der Waals surface area contributed by atoms with Crippen LogP contribution in [0, 0.1) is 0 Å². The number of nitrogen functional groups attached to an aromatic ring is 1. The van der Waals surface area contributed by atoms with E-state index in [4.69, 9.17) is 10.5 Å². The molecular weight excluding hydrogens is 214 g/mol. The molecule has 15 heavy (non-hydrogen) atoms. The lowest BCUT2D eigenvalue weighted by Crippen LogP contribution is -2.04. The first-order chi connectivity index (χ1) is 7.28. The largest absolute Gasteiger partial charge is 0.381 e. The summed E-state index contributed by atoms with van der Waals surface area (Å²) >= 11 is 1.56. The second-order valence-corrected chi connectivity index (χ2v) is 3.91. The fraction of sp³-hybridized carbons (Fsp3) is 0.375. The van der Waals surface area contributed by atoms with Gasteiger partial charge in [-0.15, -0.1) is 16.4 Å². The van der Waals surface area contributed by atoms with Crippen LogP contribution in [0.1, 0.15) is 10.7 Å². The average Bonchev–Trinajstić information content (AvgIpc) is 2.78. The van der Waals surface area contributed by atoms with E-state index in [0.717, 1.165) is 10.7 Å². The van der Waals surface area contributed by atoms with Crippen LogP contribution in [0.3, 0.4) is 0 Å². The van der Waals surface area contributed by atoms with Gasteiger partial charge in [0.2, 0.25) is 0 Å². The van der Waals surface area contributed by atoms with Crippen LogP contribution in [0.25, 0.3) is 0 Å². The van der Waals surface area contributed by atoms with Gasteiger partial charge in [-0.3, -0.25) is 0 Å². The molecule has 0 aliphatic heterocycles. The molecule has 2 aromatic heterocycles. The molecule has 0 unspecified atom stereocenters. The Kier molecular flexibility index (Phi) is 2.93. The molecule has 0 fully saturated rings. The summed E-state index contributed by atoms with van der Waals surface area (Å²) < 4.78 is 4.99. The van der Waals surface area contributed by atoms with Gasteiger partial charge in [0.25, 0.3) is 0 Å². The summed E-state index contributed by atoms with van der Waals surface area (Å²) in [5, 5.41) is 10.9. The summed E-state index contributed by atoms with van der Waals surface area (Å²) in [6, 6.07) is 0. The molecule has 2 heterocycles. The number of ether oxygens (including phenoxy) is 1. The monoisotopic (exact) mass is 225 g/mol. The van der Waals surface area contributed by atoms with Crippen LogP contribution >= 0.6 is 11.3 Å². The van der Waals surface area contributed by atoms with Crippen LogP contribution in [-0.4, -0.2) is 27.1 Å². The van der Waals surface area contributed by atoms with E-state index in [1.54, 1.807) is 18.4 Å². The third-order valence-corrected chi connectivity index (χ3v) is 2.60. The summed E-state index contributed by atoms with van der Waals surface area (Å²) in [4.78, 5) is 5.87. The lowest BCUT2D eigenvalue weighted by Gasteiger charge is -1.94. The van der Waals surface area contributed by atoms with E-state index in [-0.39, 0.29) is 0 Å². The Morgan fingerprint density at radius 1 is 1.60 bits per heavy atom. The number of nitrogens with two attached hydrogens (primary N) is 1. The van der Waals surface area contributed by atoms with Gasteiger partial charge in [-0.1, -0.05) is 0 Å². The van der Waals surface area contributed by atoms with Gasteiger partial charge in [0, 0.05) is 12.5 Å². The Hall–Kier alpha value is -1.47. The van der Waals surface area contributed by atoms with E-state index < -0.39 is 0 Å². The van der Waals surface area contributed by atoms with Gasteiger partial charge in [-0.2, -0.15) is 9.90 Å². The van der Waals surface area contributed by atoms with Gasteiger partial charge in [-0.05, 0) is 0 Å². The van der Waals surface area contributed by atoms with Crippen molar-refractivity contribution in [2.24, 2.45) is 0 Å². The van der Waals surface area contributed by atoms with E-state index >= 15 is 0 Å². The Bertz CT molecular complexity index is 438. The van der Waals surface area contributed by atoms with Crippen LogP contribution in [0.15, 0.2) is 11.6 Å². The molecule has 2 rings (SSSR count). The molecule has 0 saturated heterocycles. The fourth-order valence-electron chi connectivity index (χ4n) is 1.14. The standard InChI is InChI=1S/C8H11N5OS/c1-14-4-8-11-6(5-15-8)3-13-10-2-7(9)12-13/h2,5H,3-4H2,1H3,(H2,9,12). The molecule has 2 N–H and O–H groups in total. The Morgan fingerprint density at radius 3 is 3.13 bits per heavy atom. The third-order valence-electron chi connectivity index (χ3n) is 1.72.